The van der Waals surface area contributed by atoms with Gasteiger partial charge in [-0.3, -0.25) is 24.2 Å². The molecule has 1 aliphatic rings. The molecule has 4 N–H and O–H groups in total. The molecule has 0 bridgehead atoms. The minimum absolute atomic E-state index is 0.00290. The lowest BCUT2D eigenvalue weighted by Crippen LogP contribution is -2.57. The van der Waals surface area contributed by atoms with E-state index < -0.39 is 25.0 Å². The summed E-state index contributed by atoms with van der Waals surface area (Å²) in [7, 11) is 0. The van der Waals surface area contributed by atoms with Crippen molar-refractivity contribution in [2.24, 2.45) is 0 Å². The normalized spacial score (nSPS) is 18.5. The van der Waals surface area contributed by atoms with E-state index in [1.165, 1.54) is 4.90 Å². The van der Waals surface area contributed by atoms with Gasteiger partial charge in [0.25, 0.3) is 0 Å². The topological polar surface area (TPSA) is 140 Å². The zero-order valence-electron chi connectivity index (χ0n) is 18.4. The Labute approximate surface area is 187 Å². The van der Waals surface area contributed by atoms with E-state index in [0.717, 1.165) is 12.8 Å². The van der Waals surface area contributed by atoms with Gasteiger partial charge in [0.15, 0.2) is 0 Å². The number of ether oxygens (including phenoxy) is 1. The molecule has 178 valence electrons. The summed E-state index contributed by atoms with van der Waals surface area (Å²) in [6.07, 6.45) is 3.06. The standard InChI is InChI=1S/C22H33N3O7/c1-2-32-17-9-7-16(8-10-17)23-20(27)13-24(11-12-26)18-5-3-4-6-19(18)25(14-21(28)29)15-22(30)31/h7-10,18-19,26H,2-6,11-15H2,1H3,(H,23,27)(H,28,29)(H,30,31)/t18-,19-/m0/s1. The quantitative estimate of drug-likeness (QED) is 0.347. The van der Waals surface area contributed by atoms with Crippen LogP contribution in [-0.2, 0) is 14.4 Å². The highest BCUT2D eigenvalue weighted by Gasteiger charge is 2.36. The second-order valence-electron chi connectivity index (χ2n) is 7.81. The van der Waals surface area contributed by atoms with Crippen LogP contribution in [0, 0.1) is 0 Å². The van der Waals surface area contributed by atoms with E-state index in [2.05, 4.69) is 5.32 Å². The van der Waals surface area contributed by atoms with Gasteiger partial charge in [-0.2, -0.15) is 0 Å². The summed E-state index contributed by atoms with van der Waals surface area (Å²) >= 11 is 0. The van der Waals surface area contributed by atoms with Gasteiger partial charge in [-0.25, -0.2) is 0 Å². The van der Waals surface area contributed by atoms with Crippen molar-refractivity contribution in [1.29, 1.82) is 0 Å². The summed E-state index contributed by atoms with van der Waals surface area (Å²) < 4.78 is 5.39. The van der Waals surface area contributed by atoms with Crippen LogP contribution in [0.1, 0.15) is 32.6 Å². The van der Waals surface area contributed by atoms with E-state index in [1.54, 1.807) is 24.3 Å². The Kier molecular flexibility index (Phi) is 10.4. The molecular formula is C22H33N3O7. The monoisotopic (exact) mass is 451 g/mol. The number of hydrogen-bond donors (Lipinski definition) is 4. The molecule has 0 radical (unpaired) electrons. The van der Waals surface area contributed by atoms with Crippen molar-refractivity contribution in [2.45, 2.75) is 44.7 Å². The fourth-order valence-electron chi connectivity index (χ4n) is 4.26. The molecular weight excluding hydrogens is 418 g/mol. The summed E-state index contributed by atoms with van der Waals surface area (Å²) in [5, 5.41) is 30.9. The van der Waals surface area contributed by atoms with Gasteiger partial charge in [0.2, 0.25) is 5.91 Å². The van der Waals surface area contributed by atoms with E-state index in [-0.39, 0.29) is 37.7 Å². The minimum atomic E-state index is -1.10. The highest BCUT2D eigenvalue weighted by molar-refractivity contribution is 5.92. The highest BCUT2D eigenvalue weighted by atomic mass is 16.5. The second-order valence-corrected chi connectivity index (χ2v) is 7.81. The Morgan fingerprint density at radius 3 is 2.03 bits per heavy atom. The number of hydrogen-bond acceptors (Lipinski definition) is 7. The molecule has 2 rings (SSSR count). The molecule has 0 aromatic heterocycles. The zero-order valence-corrected chi connectivity index (χ0v) is 18.4. The summed E-state index contributed by atoms with van der Waals surface area (Å²) in [6, 6.07) is 6.44. The molecule has 1 aromatic carbocycles. The zero-order chi connectivity index (χ0) is 23.5. The molecule has 1 aromatic rings. The molecule has 0 saturated heterocycles. The van der Waals surface area contributed by atoms with E-state index in [0.29, 0.717) is 30.9 Å². The van der Waals surface area contributed by atoms with Crippen LogP contribution < -0.4 is 10.1 Å². The first-order chi connectivity index (χ1) is 15.3. The van der Waals surface area contributed by atoms with Gasteiger partial charge in [0, 0.05) is 24.3 Å². The Hall–Kier alpha value is -2.69. The maximum Gasteiger partial charge on any atom is 0.317 e. The minimum Gasteiger partial charge on any atom is -0.494 e. The highest BCUT2D eigenvalue weighted by Crippen LogP contribution is 2.27. The first-order valence-corrected chi connectivity index (χ1v) is 10.9. The van der Waals surface area contributed by atoms with Crippen LogP contribution in [0.15, 0.2) is 24.3 Å². The average molecular weight is 452 g/mol. The fourth-order valence-corrected chi connectivity index (χ4v) is 4.26. The van der Waals surface area contributed by atoms with Crippen LogP contribution in [-0.4, -0.2) is 94.4 Å². The lowest BCUT2D eigenvalue weighted by atomic mass is 9.87. The third-order valence-corrected chi connectivity index (χ3v) is 5.49. The van der Waals surface area contributed by atoms with E-state index in [9.17, 15) is 29.7 Å². The molecule has 1 amide bonds. The van der Waals surface area contributed by atoms with E-state index in [1.807, 2.05) is 11.8 Å². The van der Waals surface area contributed by atoms with Crippen LogP contribution in [0.5, 0.6) is 5.75 Å². The van der Waals surface area contributed by atoms with Gasteiger partial charge >= 0.3 is 11.9 Å². The summed E-state index contributed by atoms with van der Waals surface area (Å²) in [5.74, 6) is -1.76. The van der Waals surface area contributed by atoms with Crippen LogP contribution in [0.2, 0.25) is 0 Å². The first kappa shape index (κ1) is 25.6. The molecule has 10 heteroatoms. The largest absolute Gasteiger partial charge is 0.494 e. The fraction of sp³-hybridized carbons (Fsp3) is 0.591. The van der Waals surface area contributed by atoms with Gasteiger partial charge in [-0.05, 0) is 44.0 Å². The van der Waals surface area contributed by atoms with Gasteiger partial charge in [-0.15, -0.1) is 0 Å². The molecule has 1 fully saturated rings. The number of amides is 1. The number of carbonyl (C=O) groups is 3. The molecule has 2 atom stereocenters. The van der Waals surface area contributed by atoms with E-state index >= 15 is 0 Å². The van der Waals surface area contributed by atoms with Crippen molar-refractivity contribution in [1.82, 2.24) is 9.80 Å². The maximum absolute atomic E-state index is 12.7. The number of rotatable bonds is 13. The predicted molar refractivity (Wildman–Crippen MR) is 118 cm³/mol. The molecule has 1 saturated carbocycles. The van der Waals surface area contributed by atoms with Gasteiger partial charge in [-0.1, -0.05) is 12.8 Å². The number of aliphatic hydroxyl groups excluding tert-OH is 1. The smallest absolute Gasteiger partial charge is 0.317 e. The summed E-state index contributed by atoms with van der Waals surface area (Å²) in [4.78, 5) is 38.6. The lowest BCUT2D eigenvalue weighted by Gasteiger charge is -2.44. The Morgan fingerprint density at radius 1 is 0.969 bits per heavy atom. The van der Waals surface area contributed by atoms with Crippen LogP contribution in [0.25, 0.3) is 0 Å². The summed E-state index contributed by atoms with van der Waals surface area (Å²) in [5.41, 5.74) is 0.612. The Morgan fingerprint density at radius 2 is 1.53 bits per heavy atom. The average Bonchev–Trinajstić information content (AvgIpc) is 2.74. The van der Waals surface area contributed by atoms with Gasteiger partial charge in [0.05, 0.1) is 32.8 Å². The Bertz CT molecular complexity index is 740. The number of carbonyl (C=O) groups excluding carboxylic acids is 1. The molecule has 0 spiro atoms. The number of anilines is 1. The number of aliphatic hydroxyl groups is 1. The number of nitrogens with one attached hydrogen (secondary N) is 1. The van der Waals surface area contributed by atoms with Crippen LogP contribution in [0.3, 0.4) is 0 Å². The number of carboxylic acids is 2. The van der Waals surface area contributed by atoms with Crippen molar-refractivity contribution in [3.63, 3.8) is 0 Å². The SMILES string of the molecule is CCOc1ccc(NC(=O)CN(CCO)[C@H]2CCCC[C@@H]2N(CC(=O)O)CC(=O)O)cc1. The first-order valence-electron chi connectivity index (χ1n) is 10.9. The summed E-state index contributed by atoms with van der Waals surface area (Å²) in [6.45, 7) is 1.72. The van der Waals surface area contributed by atoms with Gasteiger partial charge < -0.3 is 25.4 Å². The van der Waals surface area contributed by atoms with Crippen molar-refractivity contribution >= 4 is 23.5 Å². The van der Waals surface area contributed by atoms with E-state index in [4.69, 9.17) is 4.74 Å². The molecule has 0 unspecified atom stereocenters. The third kappa shape index (κ3) is 8.10. The molecule has 32 heavy (non-hydrogen) atoms. The van der Waals surface area contributed by atoms with Crippen LogP contribution >= 0.6 is 0 Å². The number of aliphatic carboxylic acids is 2. The van der Waals surface area contributed by atoms with Crippen LogP contribution in [0.4, 0.5) is 5.69 Å². The molecule has 0 heterocycles. The van der Waals surface area contributed by atoms with Gasteiger partial charge in [0.1, 0.15) is 5.75 Å². The molecule has 0 aliphatic heterocycles. The predicted octanol–water partition coefficient (Wildman–Crippen LogP) is 1.10. The van der Waals surface area contributed by atoms with Crippen molar-refractivity contribution in [3.8, 4) is 5.75 Å². The third-order valence-electron chi connectivity index (χ3n) is 5.49. The molecule has 10 nitrogen and oxygen atoms in total. The lowest BCUT2D eigenvalue weighted by molar-refractivity contribution is -0.144. The Balaban J connectivity index is 2.11. The van der Waals surface area contributed by atoms with Crippen molar-refractivity contribution in [2.75, 3.05) is 44.7 Å². The second kappa shape index (κ2) is 13.0. The number of nitrogens with zero attached hydrogens (tertiary/aromatic N) is 2. The van der Waals surface area contributed by atoms with Crippen molar-refractivity contribution in [3.05, 3.63) is 24.3 Å². The number of carboxylic acid groups (broad SMARTS) is 2. The van der Waals surface area contributed by atoms with Crippen molar-refractivity contribution < 1.29 is 34.4 Å². The number of benzene rings is 1. The molecule has 1 aliphatic carbocycles. The maximum atomic E-state index is 12.7.